The molecule has 1 aromatic carbocycles. The van der Waals surface area contributed by atoms with E-state index in [1.165, 1.54) is 19.8 Å². The molecule has 0 saturated carbocycles. The van der Waals surface area contributed by atoms with Crippen molar-refractivity contribution in [3.05, 3.63) is 61.2 Å². The van der Waals surface area contributed by atoms with E-state index in [0.29, 0.717) is 0 Å². The summed E-state index contributed by atoms with van der Waals surface area (Å²) in [5.74, 6) is 0. The number of rotatable bonds is 3. The van der Waals surface area contributed by atoms with Gasteiger partial charge >= 0.3 is 0 Å². The Morgan fingerprint density at radius 2 is 2.00 bits per heavy atom. The van der Waals surface area contributed by atoms with Gasteiger partial charge in [0, 0.05) is 17.8 Å². The van der Waals surface area contributed by atoms with Crippen molar-refractivity contribution in [3.8, 4) is 0 Å². The molecular weight excluding hydrogens is 378 g/mol. The molecule has 0 atom stereocenters. The number of thiophene rings is 1. The van der Waals surface area contributed by atoms with Crippen LogP contribution in [0.15, 0.2) is 40.2 Å². The molecule has 1 aliphatic heterocycles. The molecule has 1 aliphatic rings. The van der Waals surface area contributed by atoms with Gasteiger partial charge in [-0.15, -0.1) is 21.5 Å². The summed E-state index contributed by atoms with van der Waals surface area (Å²) < 4.78 is 1.22. The van der Waals surface area contributed by atoms with Crippen LogP contribution in [-0.4, -0.2) is 16.7 Å². The molecule has 3 aromatic rings. The molecule has 3 heterocycles. The molecule has 6 heteroatoms. The molecule has 0 saturated heterocycles. The highest BCUT2D eigenvalue weighted by Crippen LogP contribution is 2.34. The van der Waals surface area contributed by atoms with Crippen LogP contribution in [0.1, 0.15) is 21.0 Å². The van der Waals surface area contributed by atoms with Crippen molar-refractivity contribution >= 4 is 43.7 Å². The minimum Gasteiger partial charge on any atom is -0.341 e. The first-order valence-corrected chi connectivity index (χ1v) is 9.59. The standard InChI is InChI=1S/C16H14BrN3S2/c17-14-9-12-6-7-20(10-13(12)21-14)16-19-18-15(22-16)8-11-4-2-1-3-5-11/h1-5,9H,6-8,10H2. The maximum atomic E-state index is 4.40. The Balaban J connectivity index is 1.50. The van der Waals surface area contributed by atoms with Crippen molar-refractivity contribution < 1.29 is 0 Å². The summed E-state index contributed by atoms with van der Waals surface area (Å²) in [4.78, 5) is 3.79. The number of hydrogen-bond acceptors (Lipinski definition) is 5. The van der Waals surface area contributed by atoms with Gasteiger partial charge in [-0.25, -0.2) is 0 Å². The Morgan fingerprint density at radius 1 is 1.14 bits per heavy atom. The molecule has 2 aromatic heterocycles. The maximum absolute atomic E-state index is 4.40. The Bertz CT molecular complexity index is 782. The summed E-state index contributed by atoms with van der Waals surface area (Å²) in [7, 11) is 0. The van der Waals surface area contributed by atoms with Crippen molar-refractivity contribution in [2.24, 2.45) is 0 Å². The van der Waals surface area contributed by atoms with Gasteiger partial charge in [0.1, 0.15) is 5.01 Å². The first-order valence-electron chi connectivity index (χ1n) is 7.16. The lowest BCUT2D eigenvalue weighted by molar-refractivity contribution is 0.735. The smallest absolute Gasteiger partial charge is 0.208 e. The predicted octanol–water partition coefficient (Wildman–Crippen LogP) is 4.52. The van der Waals surface area contributed by atoms with Gasteiger partial charge in [0.15, 0.2) is 0 Å². The lowest BCUT2D eigenvalue weighted by atomic mass is 10.1. The number of benzene rings is 1. The zero-order chi connectivity index (χ0) is 14.9. The first kappa shape index (κ1) is 14.4. The highest BCUT2D eigenvalue weighted by atomic mass is 79.9. The summed E-state index contributed by atoms with van der Waals surface area (Å²) in [5.41, 5.74) is 2.76. The third kappa shape index (κ3) is 2.95. The summed E-state index contributed by atoms with van der Waals surface area (Å²) in [6, 6.07) is 12.7. The topological polar surface area (TPSA) is 29.0 Å². The van der Waals surface area contributed by atoms with Crippen molar-refractivity contribution in [1.82, 2.24) is 10.2 Å². The van der Waals surface area contributed by atoms with E-state index in [2.05, 4.69) is 61.4 Å². The van der Waals surface area contributed by atoms with E-state index in [1.54, 1.807) is 11.3 Å². The average Bonchev–Trinajstić information content (AvgIpc) is 3.13. The van der Waals surface area contributed by atoms with E-state index in [0.717, 1.165) is 36.1 Å². The summed E-state index contributed by atoms with van der Waals surface area (Å²) in [6.45, 7) is 1.97. The van der Waals surface area contributed by atoms with Gasteiger partial charge in [-0.05, 0) is 39.5 Å². The molecule has 0 fully saturated rings. The first-order chi connectivity index (χ1) is 10.8. The van der Waals surface area contributed by atoms with Crippen molar-refractivity contribution in [3.63, 3.8) is 0 Å². The third-order valence-corrected chi connectivity index (χ3v) is 6.43. The van der Waals surface area contributed by atoms with Crippen LogP contribution in [0.5, 0.6) is 0 Å². The quantitative estimate of drug-likeness (QED) is 0.657. The molecule has 0 bridgehead atoms. The highest BCUT2D eigenvalue weighted by Gasteiger charge is 2.21. The molecule has 0 radical (unpaired) electrons. The van der Waals surface area contributed by atoms with Crippen LogP contribution in [0, 0.1) is 0 Å². The largest absolute Gasteiger partial charge is 0.341 e. The van der Waals surface area contributed by atoms with E-state index in [-0.39, 0.29) is 0 Å². The van der Waals surface area contributed by atoms with Crippen LogP contribution >= 0.6 is 38.6 Å². The SMILES string of the molecule is Brc1cc2c(s1)CN(c1nnc(Cc3ccccc3)s1)CC2. The van der Waals surface area contributed by atoms with Crippen LogP contribution in [0.25, 0.3) is 0 Å². The average molecular weight is 392 g/mol. The number of fused-ring (bicyclic) bond motifs is 1. The number of anilines is 1. The molecule has 0 aliphatic carbocycles. The maximum Gasteiger partial charge on any atom is 0.208 e. The minimum atomic E-state index is 0.863. The Labute approximate surface area is 145 Å². The van der Waals surface area contributed by atoms with Crippen molar-refractivity contribution in [2.75, 3.05) is 11.4 Å². The molecule has 22 heavy (non-hydrogen) atoms. The molecule has 4 rings (SSSR count). The van der Waals surface area contributed by atoms with E-state index in [9.17, 15) is 0 Å². The second kappa shape index (κ2) is 6.10. The lowest BCUT2D eigenvalue weighted by Gasteiger charge is -2.25. The van der Waals surface area contributed by atoms with Gasteiger partial charge in [0.25, 0.3) is 0 Å². The molecule has 112 valence electrons. The minimum absolute atomic E-state index is 0.863. The predicted molar refractivity (Wildman–Crippen MR) is 95.9 cm³/mol. The number of aromatic nitrogens is 2. The second-order valence-corrected chi connectivity index (χ2v) is 8.87. The molecule has 0 spiro atoms. The molecule has 0 unspecified atom stereocenters. The molecule has 0 N–H and O–H groups in total. The van der Waals surface area contributed by atoms with Crippen LogP contribution in [-0.2, 0) is 19.4 Å². The van der Waals surface area contributed by atoms with E-state index in [1.807, 2.05) is 17.4 Å². The van der Waals surface area contributed by atoms with Gasteiger partial charge in [-0.1, -0.05) is 41.7 Å². The highest BCUT2D eigenvalue weighted by molar-refractivity contribution is 9.11. The molecule has 3 nitrogen and oxygen atoms in total. The lowest BCUT2D eigenvalue weighted by Crippen LogP contribution is -2.29. The molecule has 0 amide bonds. The fraction of sp³-hybridized carbons (Fsp3) is 0.250. The Morgan fingerprint density at radius 3 is 2.86 bits per heavy atom. The fourth-order valence-corrected chi connectivity index (χ4v) is 5.37. The second-order valence-electron chi connectivity index (χ2n) is 5.31. The number of nitrogens with zero attached hydrogens (tertiary/aromatic N) is 3. The molecular formula is C16H14BrN3S2. The van der Waals surface area contributed by atoms with E-state index < -0.39 is 0 Å². The Kier molecular flexibility index (Phi) is 3.98. The van der Waals surface area contributed by atoms with Gasteiger partial charge in [-0.3, -0.25) is 0 Å². The van der Waals surface area contributed by atoms with Crippen LogP contribution in [0.2, 0.25) is 0 Å². The summed E-state index contributed by atoms with van der Waals surface area (Å²) in [5, 5.41) is 10.9. The summed E-state index contributed by atoms with van der Waals surface area (Å²) >= 11 is 7.13. The monoisotopic (exact) mass is 391 g/mol. The fourth-order valence-electron chi connectivity index (χ4n) is 2.66. The van der Waals surface area contributed by atoms with Crippen LogP contribution in [0.4, 0.5) is 5.13 Å². The summed E-state index contributed by atoms with van der Waals surface area (Å²) in [6.07, 6.45) is 1.95. The zero-order valence-corrected chi connectivity index (χ0v) is 15.0. The normalized spacial score (nSPS) is 14.1. The third-order valence-electron chi connectivity index (χ3n) is 3.78. The van der Waals surface area contributed by atoms with Gasteiger partial charge in [-0.2, -0.15) is 0 Å². The number of halogens is 1. The number of hydrogen-bond donors (Lipinski definition) is 0. The van der Waals surface area contributed by atoms with E-state index >= 15 is 0 Å². The van der Waals surface area contributed by atoms with Gasteiger partial charge in [0.05, 0.1) is 10.3 Å². The van der Waals surface area contributed by atoms with Gasteiger partial charge < -0.3 is 4.90 Å². The van der Waals surface area contributed by atoms with Gasteiger partial charge in [0.2, 0.25) is 5.13 Å². The Hall–Kier alpha value is -1.24. The van der Waals surface area contributed by atoms with E-state index in [4.69, 9.17) is 0 Å². The van der Waals surface area contributed by atoms with Crippen LogP contribution < -0.4 is 4.90 Å². The van der Waals surface area contributed by atoms with Crippen molar-refractivity contribution in [1.29, 1.82) is 0 Å². The van der Waals surface area contributed by atoms with Crippen molar-refractivity contribution in [2.45, 2.75) is 19.4 Å². The van der Waals surface area contributed by atoms with Crippen LogP contribution in [0.3, 0.4) is 0 Å². The zero-order valence-electron chi connectivity index (χ0n) is 11.8.